The molecule has 0 spiro atoms. The first-order chi connectivity index (χ1) is 17.5. The third-order valence-electron chi connectivity index (χ3n) is 6.83. The maximum Gasteiger partial charge on any atom is 0.304 e. The van der Waals surface area contributed by atoms with Crippen LogP contribution in [0.3, 0.4) is 0 Å². The summed E-state index contributed by atoms with van der Waals surface area (Å²) >= 11 is 0. The van der Waals surface area contributed by atoms with Gasteiger partial charge in [0, 0.05) is 37.2 Å². The molecule has 8 heteroatoms. The summed E-state index contributed by atoms with van der Waals surface area (Å²) in [6.45, 7) is 9.46. The summed E-state index contributed by atoms with van der Waals surface area (Å²) in [6.07, 6.45) is 9.22. The lowest BCUT2D eigenvalue weighted by Crippen LogP contribution is -2.55. The molecular formula is C29H38N2O6. The van der Waals surface area contributed by atoms with Crippen LogP contribution < -0.4 is 9.80 Å². The topological polar surface area (TPSA) is 107 Å². The highest BCUT2D eigenvalue weighted by Crippen LogP contribution is 2.47. The molecule has 2 aliphatic heterocycles. The van der Waals surface area contributed by atoms with E-state index in [1.165, 1.54) is 17.4 Å². The maximum absolute atomic E-state index is 13.7. The van der Waals surface area contributed by atoms with E-state index in [1.54, 1.807) is 42.2 Å². The molecule has 1 aromatic carbocycles. The van der Waals surface area contributed by atoms with Crippen LogP contribution in [-0.4, -0.2) is 47.4 Å². The fourth-order valence-corrected chi connectivity index (χ4v) is 4.70. The molecular weight excluding hydrogens is 472 g/mol. The van der Waals surface area contributed by atoms with E-state index in [2.05, 4.69) is 19.9 Å². The number of carbonyl (C=O) groups is 3. The van der Waals surface area contributed by atoms with Gasteiger partial charge < -0.3 is 19.8 Å². The van der Waals surface area contributed by atoms with Gasteiger partial charge in [-0.2, -0.15) is 0 Å². The van der Waals surface area contributed by atoms with Crippen molar-refractivity contribution >= 4 is 29.2 Å². The molecule has 37 heavy (non-hydrogen) atoms. The number of amides is 2. The highest BCUT2D eigenvalue weighted by molar-refractivity contribution is 6.08. The summed E-state index contributed by atoms with van der Waals surface area (Å²) in [5.74, 6) is -1.73. The lowest BCUT2D eigenvalue weighted by atomic mass is 9.82. The van der Waals surface area contributed by atoms with Crippen molar-refractivity contribution in [3.8, 4) is 0 Å². The number of carbonyl (C=O) groups excluding carboxylic acids is 3. The van der Waals surface area contributed by atoms with E-state index in [9.17, 15) is 19.5 Å². The maximum atomic E-state index is 13.7. The predicted molar refractivity (Wildman–Crippen MR) is 143 cm³/mol. The molecule has 0 radical (unpaired) electrons. The Bertz CT molecular complexity index is 1130. The minimum Gasteiger partial charge on any atom is -0.441 e. The molecule has 3 atom stereocenters. The molecule has 2 heterocycles. The molecule has 0 aromatic heterocycles. The molecule has 1 saturated heterocycles. The molecule has 8 nitrogen and oxygen atoms in total. The lowest BCUT2D eigenvalue weighted by molar-refractivity contribution is -0.153. The van der Waals surface area contributed by atoms with Gasteiger partial charge in [-0.05, 0) is 58.2 Å². The van der Waals surface area contributed by atoms with Crippen molar-refractivity contribution in [3.63, 3.8) is 0 Å². The Morgan fingerprint density at radius 1 is 1.19 bits per heavy atom. The summed E-state index contributed by atoms with van der Waals surface area (Å²) in [7, 11) is 0. The van der Waals surface area contributed by atoms with Crippen LogP contribution in [0.5, 0.6) is 0 Å². The molecule has 200 valence electrons. The summed E-state index contributed by atoms with van der Waals surface area (Å²) in [6, 6.07) is 5.08. The average Bonchev–Trinajstić information content (AvgIpc) is 3.04. The molecule has 1 aromatic rings. The van der Waals surface area contributed by atoms with Gasteiger partial charge in [0.25, 0.3) is 5.91 Å². The number of rotatable bonds is 11. The quantitative estimate of drug-likeness (QED) is 0.264. The second kappa shape index (κ2) is 11.9. The zero-order valence-corrected chi connectivity index (χ0v) is 22.4. The Kier molecular flexibility index (Phi) is 9.10. The van der Waals surface area contributed by atoms with Crippen molar-refractivity contribution in [1.82, 2.24) is 0 Å². The van der Waals surface area contributed by atoms with Crippen molar-refractivity contribution in [3.05, 3.63) is 59.2 Å². The number of esters is 1. The van der Waals surface area contributed by atoms with Gasteiger partial charge in [0.05, 0.1) is 12.1 Å². The number of aliphatic hydroxyl groups is 2. The first-order valence-corrected chi connectivity index (χ1v) is 12.7. The summed E-state index contributed by atoms with van der Waals surface area (Å²) < 4.78 is 5.24. The third kappa shape index (κ3) is 6.02. The van der Waals surface area contributed by atoms with E-state index in [4.69, 9.17) is 9.84 Å². The first-order valence-electron chi connectivity index (χ1n) is 12.7. The molecule has 3 rings (SSSR count). The molecule has 0 bridgehead atoms. The Hall–Kier alpha value is -3.23. The van der Waals surface area contributed by atoms with Crippen LogP contribution in [0.2, 0.25) is 0 Å². The van der Waals surface area contributed by atoms with Crippen LogP contribution in [0.25, 0.3) is 0 Å². The van der Waals surface area contributed by atoms with Crippen molar-refractivity contribution < 1.29 is 29.3 Å². The summed E-state index contributed by atoms with van der Waals surface area (Å²) in [5, 5.41) is 21.0. The van der Waals surface area contributed by atoms with Gasteiger partial charge in [-0.3, -0.25) is 19.3 Å². The van der Waals surface area contributed by atoms with Crippen LogP contribution in [0.1, 0.15) is 65.9 Å². The van der Waals surface area contributed by atoms with Gasteiger partial charge in [-0.25, -0.2) is 0 Å². The smallest absolute Gasteiger partial charge is 0.304 e. The number of fused-ring (bicyclic) bond motifs is 1. The standard InChI is InChI=1S/C29H38N2O6/c1-19(2)9-8-10-20(3)14-15-30-25-13-12-23(31-26(34)18-27(31)37-22(5)33)17-24(25)29(36,28(30)35)21(4)11-6-7-16-32/h6,9,11-14,17,21,27,32,36H,7-8,10,15-16,18H2,1-5H3/b11-6+,20-14+/t21-,27?,29+/m0/s1. The third-order valence-corrected chi connectivity index (χ3v) is 6.83. The fraction of sp³-hybridized carbons (Fsp3) is 0.483. The monoisotopic (exact) mass is 510 g/mol. The molecule has 0 aliphatic carbocycles. The van der Waals surface area contributed by atoms with Crippen LogP contribution in [0.4, 0.5) is 11.4 Å². The minimum absolute atomic E-state index is 0.0338. The van der Waals surface area contributed by atoms with Crippen molar-refractivity contribution in [2.45, 2.75) is 72.1 Å². The minimum atomic E-state index is -1.86. The number of nitrogens with zero attached hydrogens (tertiary/aromatic N) is 2. The number of allylic oxidation sites excluding steroid dienone is 3. The van der Waals surface area contributed by atoms with E-state index in [0.717, 1.165) is 18.4 Å². The number of hydrogen-bond donors (Lipinski definition) is 2. The number of ether oxygens (including phenoxy) is 1. The Morgan fingerprint density at radius 3 is 2.54 bits per heavy atom. The van der Waals surface area contributed by atoms with Gasteiger partial charge in [-0.1, -0.05) is 42.4 Å². The SMILES string of the molecule is CC(=O)OC1CC(=O)N1c1ccc2c(c1)[C@](O)([C@@H](C)/C=C/CCO)C(=O)N2C/C=C(\C)CCC=C(C)C. The molecule has 1 unspecified atom stereocenters. The van der Waals surface area contributed by atoms with Gasteiger partial charge >= 0.3 is 5.97 Å². The second-order valence-electron chi connectivity index (χ2n) is 10.0. The highest BCUT2D eigenvalue weighted by atomic mass is 16.6. The number of aliphatic hydroxyl groups excluding tert-OH is 1. The van der Waals surface area contributed by atoms with Crippen LogP contribution in [-0.2, 0) is 24.7 Å². The van der Waals surface area contributed by atoms with Gasteiger partial charge in [0.2, 0.25) is 5.91 Å². The van der Waals surface area contributed by atoms with Gasteiger partial charge in [0.1, 0.15) is 0 Å². The highest BCUT2D eigenvalue weighted by Gasteiger charge is 2.53. The van der Waals surface area contributed by atoms with Crippen LogP contribution in [0.15, 0.2) is 53.6 Å². The lowest BCUT2D eigenvalue weighted by Gasteiger charge is -2.39. The summed E-state index contributed by atoms with van der Waals surface area (Å²) in [5.41, 5.74) is 1.97. The Morgan fingerprint density at radius 2 is 1.92 bits per heavy atom. The van der Waals surface area contributed by atoms with Crippen molar-refractivity contribution in [2.24, 2.45) is 5.92 Å². The van der Waals surface area contributed by atoms with E-state index in [-0.39, 0.29) is 18.9 Å². The molecule has 0 saturated carbocycles. The molecule has 2 N–H and O–H groups in total. The second-order valence-corrected chi connectivity index (χ2v) is 10.0. The van der Waals surface area contributed by atoms with E-state index >= 15 is 0 Å². The zero-order chi connectivity index (χ0) is 27.3. The number of anilines is 2. The summed E-state index contributed by atoms with van der Waals surface area (Å²) in [4.78, 5) is 40.5. The Balaban J connectivity index is 1.97. The van der Waals surface area contributed by atoms with Gasteiger partial charge in [-0.15, -0.1) is 0 Å². The van der Waals surface area contributed by atoms with E-state index in [1.807, 2.05) is 13.0 Å². The molecule has 1 fully saturated rings. The molecule has 2 aliphatic rings. The number of benzene rings is 1. The average molecular weight is 511 g/mol. The van der Waals surface area contributed by atoms with Crippen LogP contribution >= 0.6 is 0 Å². The van der Waals surface area contributed by atoms with Crippen LogP contribution in [0, 0.1) is 5.92 Å². The number of β-lactam (4-membered cyclic amide) rings is 1. The Labute approximate surface area is 218 Å². The molecule has 2 amide bonds. The zero-order valence-electron chi connectivity index (χ0n) is 22.4. The van der Waals surface area contributed by atoms with E-state index in [0.29, 0.717) is 29.9 Å². The van der Waals surface area contributed by atoms with Crippen molar-refractivity contribution in [1.29, 1.82) is 0 Å². The van der Waals surface area contributed by atoms with Gasteiger partial charge in [0.15, 0.2) is 11.8 Å². The first kappa shape index (κ1) is 28.3. The fourth-order valence-electron chi connectivity index (χ4n) is 4.70. The van der Waals surface area contributed by atoms with E-state index < -0.39 is 29.6 Å². The van der Waals surface area contributed by atoms with Crippen molar-refractivity contribution in [2.75, 3.05) is 23.0 Å². The normalized spacial score (nSPS) is 22.2. The largest absolute Gasteiger partial charge is 0.441 e. The number of hydrogen-bond acceptors (Lipinski definition) is 6. The predicted octanol–water partition coefficient (Wildman–Crippen LogP) is 4.11.